The third-order valence-corrected chi connectivity index (χ3v) is 3.79. The van der Waals surface area contributed by atoms with Crippen LogP contribution in [0.15, 0.2) is 30.3 Å². The average molecular weight is 292 g/mol. The number of carbonyl (C=O) groups is 1. The van der Waals surface area contributed by atoms with Gasteiger partial charge in [0.05, 0.1) is 13.2 Å². The molecule has 0 saturated carbocycles. The first-order chi connectivity index (χ1) is 10.2. The molecule has 0 bridgehead atoms. The number of carbonyl (C=O) groups excluding carboxylic acids is 1. The summed E-state index contributed by atoms with van der Waals surface area (Å²) in [6.07, 6.45) is -0.422. The number of benzene rings is 1. The highest BCUT2D eigenvalue weighted by molar-refractivity contribution is 5.80. The first-order valence-electron chi connectivity index (χ1n) is 7.48. The summed E-state index contributed by atoms with van der Waals surface area (Å²) in [5.74, 6) is 0.0505. The Balaban J connectivity index is 1.75. The maximum absolute atomic E-state index is 12.3. The molecule has 0 aromatic heterocycles. The van der Waals surface area contributed by atoms with Gasteiger partial charge in [0.25, 0.3) is 5.91 Å². The van der Waals surface area contributed by atoms with Crippen molar-refractivity contribution in [2.45, 2.75) is 19.6 Å². The highest BCUT2D eigenvalue weighted by atomic mass is 16.5. The van der Waals surface area contributed by atoms with Gasteiger partial charge in [-0.1, -0.05) is 30.3 Å². The third-order valence-electron chi connectivity index (χ3n) is 3.79. The topological polar surface area (TPSA) is 53.0 Å². The lowest BCUT2D eigenvalue weighted by Gasteiger charge is -2.35. The predicted octanol–water partition coefficient (Wildman–Crippen LogP) is 0.728. The summed E-state index contributed by atoms with van der Waals surface area (Å²) >= 11 is 0. The monoisotopic (exact) mass is 292 g/mol. The van der Waals surface area contributed by atoms with E-state index >= 15 is 0 Å². The Kier molecular flexibility index (Phi) is 6.17. The van der Waals surface area contributed by atoms with Crippen LogP contribution in [-0.2, 0) is 16.1 Å². The largest absolute Gasteiger partial charge is 0.395 e. The van der Waals surface area contributed by atoms with Gasteiger partial charge >= 0.3 is 0 Å². The van der Waals surface area contributed by atoms with Crippen LogP contribution in [0.5, 0.6) is 0 Å². The Hall–Kier alpha value is -1.43. The second kappa shape index (κ2) is 8.12. The van der Waals surface area contributed by atoms with E-state index < -0.39 is 6.10 Å². The Labute approximate surface area is 126 Å². The summed E-state index contributed by atoms with van der Waals surface area (Å²) in [7, 11) is 0. The number of ether oxygens (including phenoxy) is 1. The molecule has 1 atom stereocenters. The van der Waals surface area contributed by atoms with Crippen molar-refractivity contribution < 1.29 is 14.6 Å². The van der Waals surface area contributed by atoms with Crippen molar-refractivity contribution in [3.8, 4) is 0 Å². The fraction of sp³-hybridized carbons (Fsp3) is 0.562. The molecule has 2 rings (SSSR count). The molecule has 1 fully saturated rings. The van der Waals surface area contributed by atoms with Crippen LogP contribution < -0.4 is 0 Å². The smallest absolute Gasteiger partial charge is 0.251 e. The Bertz CT molecular complexity index is 430. The fourth-order valence-corrected chi connectivity index (χ4v) is 2.46. The van der Waals surface area contributed by atoms with Gasteiger partial charge in [0.1, 0.15) is 6.10 Å². The van der Waals surface area contributed by atoms with E-state index in [0.717, 1.165) is 18.7 Å². The van der Waals surface area contributed by atoms with Crippen molar-refractivity contribution in [2.75, 3.05) is 39.3 Å². The molecule has 1 N–H and O–H groups in total. The molecule has 5 heteroatoms. The quantitative estimate of drug-likeness (QED) is 0.840. The van der Waals surface area contributed by atoms with Gasteiger partial charge in [-0.2, -0.15) is 0 Å². The van der Waals surface area contributed by atoms with Crippen molar-refractivity contribution in [1.82, 2.24) is 9.80 Å². The molecule has 0 aliphatic carbocycles. The van der Waals surface area contributed by atoms with E-state index in [1.54, 1.807) is 0 Å². The number of nitrogens with zero attached hydrogens (tertiary/aromatic N) is 2. The molecule has 21 heavy (non-hydrogen) atoms. The Morgan fingerprint density at radius 1 is 1.24 bits per heavy atom. The van der Waals surface area contributed by atoms with E-state index in [1.807, 2.05) is 42.2 Å². The van der Waals surface area contributed by atoms with Crippen LogP contribution in [-0.4, -0.2) is 66.2 Å². The van der Waals surface area contributed by atoms with E-state index in [0.29, 0.717) is 26.2 Å². The van der Waals surface area contributed by atoms with Gasteiger partial charge in [-0.15, -0.1) is 0 Å². The lowest BCUT2D eigenvalue weighted by molar-refractivity contribution is -0.145. The zero-order chi connectivity index (χ0) is 15.1. The van der Waals surface area contributed by atoms with Crippen molar-refractivity contribution in [3.63, 3.8) is 0 Å². The predicted molar refractivity (Wildman–Crippen MR) is 80.8 cm³/mol. The fourth-order valence-electron chi connectivity index (χ4n) is 2.46. The van der Waals surface area contributed by atoms with Crippen LogP contribution in [0.3, 0.4) is 0 Å². The second-order valence-electron chi connectivity index (χ2n) is 5.33. The Morgan fingerprint density at radius 3 is 2.52 bits per heavy atom. The van der Waals surface area contributed by atoms with Gasteiger partial charge in [-0.3, -0.25) is 9.69 Å². The molecule has 1 unspecified atom stereocenters. The first kappa shape index (κ1) is 15.9. The first-order valence-corrected chi connectivity index (χ1v) is 7.48. The van der Waals surface area contributed by atoms with Crippen molar-refractivity contribution in [1.29, 1.82) is 0 Å². The zero-order valence-corrected chi connectivity index (χ0v) is 12.6. The van der Waals surface area contributed by atoms with Gasteiger partial charge < -0.3 is 14.7 Å². The highest BCUT2D eigenvalue weighted by Gasteiger charge is 2.25. The zero-order valence-electron chi connectivity index (χ0n) is 12.6. The summed E-state index contributed by atoms with van der Waals surface area (Å²) in [5, 5.41) is 8.92. The van der Waals surface area contributed by atoms with Crippen molar-refractivity contribution in [3.05, 3.63) is 35.9 Å². The molecule has 1 heterocycles. The van der Waals surface area contributed by atoms with E-state index in [1.165, 1.54) is 0 Å². The van der Waals surface area contributed by atoms with Crippen LogP contribution in [0, 0.1) is 0 Å². The van der Waals surface area contributed by atoms with E-state index in [9.17, 15) is 4.79 Å². The number of aliphatic hydroxyl groups is 1. The molecule has 116 valence electrons. The van der Waals surface area contributed by atoms with Crippen LogP contribution in [0.2, 0.25) is 0 Å². The van der Waals surface area contributed by atoms with E-state index in [2.05, 4.69) is 4.90 Å². The maximum Gasteiger partial charge on any atom is 0.251 e. The van der Waals surface area contributed by atoms with Crippen LogP contribution in [0.4, 0.5) is 0 Å². The number of hydrogen-bond donors (Lipinski definition) is 1. The lowest BCUT2D eigenvalue weighted by Crippen LogP contribution is -2.51. The summed E-state index contributed by atoms with van der Waals surface area (Å²) in [4.78, 5) is 16.3. The van der Waals surface area contributed by atoms with Gasteiger partial charge in [-0.25, -0.2) is 0 Å². The number of β-amino-alcohol motifs (C(OH)–C–C–N with tert-alkyl or cyclic N) is 1. The third kappa shape index (κ3) is 4.81. The summed E-state index contributed by atoms with van der Waals surface area (Å²) in [5.41, 5.74) is 1.07. The van der Waals surface area contributed by atoms with Gasteiger partial charge in [0.15, 0.2) is 0 Å². The molecule has 1 aromatic carbocycles. The lowest BCUT2D eigenvalue weighted by atomic mass is 10.2. The van der Waals surface area contributed by atoms with E-state index in [4.69, 9.17) is 9.84 Å². The maximum atomic E-state index is 12.3. The van der Waals surface area contributed by atoms with Gasteiger partial charge in [0.2, 0.25) is 0 Å². The molecule has 5 nitrogen and oxygen atoms in total. The molecule has 1 amide bonds. The van der Waals surface area contributed by atoms with Crippen LogP contribution in [0.25, 0.3) is 0 Å². The van der Waals surface area contributed by atoms with Gasteiger partial charge in [0, 0.05) is 32.7 Å². The second-order valence-corrected chi connectivity index (χ2v) is 5.33. The SMILES string of the molecule is CC(OCc1ccccc1)C(=O)N1CCN(CCO)CC1. The number of aliphatic hydroxyl groups excluding tert-OH is 1. The molecule has 1 aromatic rings. The molecule has 0 spiro atoms. The Morgan fingerprint density at radius 2 is 1.90 bits per heavy atom. The average Bonchev–Trinajstić information content (AvgIpc) is 2.54. The number of piperazine rings is 1. The van der Waals surface area contributed by atoms with Crippen molar-refractivity contribution >= 4 is 5.91 Å². The summed E-state index contributed by atoms with van der Waals surface area (Å²) in [6.45, 7) is 6.17. The van der Waals surface area contributed by atoms with Crippen LogP contribution >= 0.6 is 0 Å². The minimum Gasteiger partial charge on any atom is -0.395 e. The molecular formula is C16H24N2O3. The van der Waals surface area contributed by atoms with Crippen LogP contribution in [0.1, 0.15) is 12.5 Å². The summed E-state index contributed by atoms with van der Waals surface area (Å²) < 4.78 is 5.67. The number of amides is 1. The van der Waals surface area contributed by atoms with Crippen molar-refractivity contribution in [2.24, 2.45) is 0 Å². The molecule has 1 aliphatic heterocycles. The molecular weight excluding hydrogens is 268 g/mol. The molecule has 1 saturated heterocycles. The summed E-state index contributed by atoms with van der Waals surface area (Å²) in [6, 6.07) is 9.87. The minimum atomic E-state index is -0.422. The minimum absolute atomic E-state index is 0.0505. The normalized spacial score (nSPS) is 17.7. The highest BCUT2D eigenvalue weighted by Crippen LogP contribution is 2.08. The van der Waals surface area contributed by atoms with Gasteiger partial charge in [-0.05, 0) is 12.5 Å². The number of hydrogen-bond acceptors (Lipinski definition) is 4. The standard InChI is InChI=1S/C16H24N2O3/c1-14(21-13-15-5-3-2-4-6-15)16(20)18-9-7-17(8-10-18)11-12-19/h2-6,14,19H,7-13H2,1H3. The van der Waals surface area contributed by atoms with E-state index in [-0.39, 0.29) is 12.5 Å². The molecule has 1 aliphatic rings. The molecule has 0 radical (unpaired) electrons. The number of rotatable bonds is 6.